The lowest BCUT2D eigenvalue weighted by Gasteiger charge is -2.15. The van der Waals surface area contributed by atoms with Crippen LogP contribution in [0, 0.1) is 0 Å². The maximum absolute atomic E-state index is 10.5. The quantitative estimate of drug-likeness (QED) is 0.430. The number of esters is 1. The molecule has 0 aromatic heterocycles. The normalized spacial score (nSPS) is 17.3. The predicted molar refractivity (Wildman–Crippen MR) is 66.0 cm³/mol. The molecular formula is C14H24O2. The summed E-state index contributed by atoms with van der Waals surface area (Å²) >= 11 is 0. The van der Waals surface area contributed by atoms with Gasteiger partial charge in [0, 0.05) is 0 Å². The van der Waals surface area contributed by atoms with Crippen LogP contribution in [-0.4, -0.2) is 5.97 Å². The second kappa shape index (κ2) is 8.37. The fourth-order valence-electron chi connectivity index (χ4n) is 1.94. The smallest absolute Gasteiger partial charge is 0.318 e. The molecule has 0 radical (unpaired) electrons. The molecule has 1 heterocycles. The lowest BCUT2D eigenvalue weighted by atomic mass is 10.1. The van der Waals surface area contributed by atoms with E-state index >= 15 is 0 Å². The standard InChI is InChI=1S/C14H24O2/c1-2-3-4-5-6-7-8-9-10-11-13-12-14(15)16-13/h11H,2-10,12H2,1H3. The number of ether oxygens (including phenoxy) is 1. The van der Waals surface area contributed by atoms with Gasteiger partial charge >= 0.3 is 5.97 Å². The molecule has 0 saturated carbocycles. The molecule has 0 atom stereocenters. The van der Waals surface area contributed by atoms with Crippen molar-refractivity contribution < 1.29 is 9.53 Å². The van der Waals surface area contributed by atoms with Crippen LogP contribution in [-0.2, 0) is 9.53 Å². The van der Waals surface area contributed by atoms with Gasteiger partial charge in [0.1, 0.15) is 12.2 Å². The maximum Gasteiger partial charge on any atom is 0.318 e. The van der Waals surface area contributed by atoms with Gasteiger partial charge < -0.3 is 4.74 Å². The third-order valence-electron chi connectivity index (χ3n) is 2.99. The summed E-state index contributed by atoms with van der Waals surface area (Å²) in [6.45, 7) is 2.25. The van der Waals surface area contributed by atoms with Gasteiger partial charge in [-0.05, 0) is 18.9 Å². The number of cyclic esters (lactones) is 1. The number of rotatable bonds is 9. The Hall–Kier alpha value is -0.790. The Balaban J connectivity index is 1.78. The molecule has 92 valence electrons. The van der Waals surface area contributed by atoms with Gasteiger partial charge in [0.05, 0.1) is 0 Å². The number of hydrogen-bond acceptors (Lipinski definition) is 2. The van der Waals surface area contributed by atoms with E-state index in [-0.39, 0.29) is 5.97 Å². The molecule has 0 bridgehead atoms. The molecule has 1 fully saturated rings. The van der Waals surface area contributed by atoms with E-state index in [2.05, 4.69) is 13.0 Å². The summed E-state index contributed by atoms with van der Waals surface area (Å²) in [5, 5.41) is 0. The summed E-state index contributed by atoms with van der Waals surface area (Å²) in [7, 11) is 0. The Morgan fingerprint density at radius 1 is 1.06 bits per heavy atom. The highest BCUT2D eigenvalue weighted by molar-refractivity contribution is 5.79. The zero-order chi connectivity index (χ0) is 11.6. The summed E-state index contributed by atoms with van der Waals surface area (Å²) in [6, 6.07) is 0. The van der Waals surface area contributed by atoms with Gasteiger partial charge in [-0.25, -0.2) is 0 Å². The van der Waals surface area contributed by atoms with Gasteiger partial charge in [0.2, 0.25) is 0 Å². The number of carbonyl (C=O) groups is 1. The van der Waals surface area contributed by atoms with Crippen molar-refractivity contribution >= 4 is 5.97 Å². The van der Waals surface area contributed by atoms with Crippen molar-refractivity contribution in [3.8, 4) is 0 Å². The lowest BCUT2D eigenvalue weighted by molar-refractivity contribution is -0.148. The van der Waals surface area contributed by atoms with Crippen molar-refractivity contribution in [3.63, 3.8) is 0 Å². The van der Waals surface area contributed by atoms with Crippen molar-refractivity contribution in [2.45, 2.75) is 71.1 Å². The monoisotopic (exact) mass is 224 g/mol. The van der Waals surface area contributed by atoms with Gasteiger partial charge in [-0.3, -0.25) is 4.79 Å². The van der Waals surface area contributed by atoms with Crippen LogP contribution in [0.25, 0.3) is 0 Å². The van der Waals surface area contributed by atoms with Crippen LogP contribution in [0.4, 0.5) is 0 Å². The molecular weight excluding hydrogens is 200 g/mol. The van der Waals surface area contributed by atoms with Gasteiger partial charge in [-0.15, -0.1) is 0 Å². The van der Waals surface area contributed by atoms with E-state index in [1.54, 1.807) is 0 Å². The van der Waals surface area contributed by atoms with Crippen molar-refractivity contribution in [1.82, 2.24) is 0 Å². The first kappa shape index (κ1) is 13.3. The number of unbranched alkanes of at least 4 members (excludes halogenated alkanes) is 8. The first-order valence-electron chi connectivity index (χ1n) is 6.72. The SMILES string of the molecule is CCCCCCCCCCC=C1CC(=O)O1. The molecule has 0 aromatic rings. The fraction of sp³-hybridized carbons (Fsp3) is 0.786. The fourth-order valence-corrected chi connectivity index (χ4v) is 1.94. The Kier molecular flexibility index (Phi) is 6.95. The van der Waals surface area contributed by atoms with Crippen LogP contribution in [0.3, 0.4) is 0 Å². The zero-order valence-electron chi connectivity index (χ0n) is 10.5. The number of carbonyl (C=O) groups excluding carboxylic acids is 1. The average molecular weight is 224 g/mol. The molecule has 1 saturated heterocycles. The number of allylic oxidation sites excluding steroid dienone is 1. The Morgan fingerprint density at radius 2 is 1.62 bits per heavy atom. The van der Waals surface area contributed by atoms with E-state index in [0.29, 0.717) is 6.42 Å². The van der Waals surface area contributed by atoms with Gasteiger partial charge in [0.15, 0.2) is 0 Å². The van der Waals surface area contributed by atoms with E-state index in [1.807, 2.05) is 0 Å². The maximum atomic E-state index is 10.5. The third kappa shape index (κ3) is 5.94. The minimum atomic E-state index is -0.0813. The molecule has 0 aromatic carbocycles. The molecule has 2 heteroatoms. The van der Waals surface area contributed by atoms with E-state index < -0.39 is 0 Å². The largest absolute Gasteiger partial charge is 0.430 e. The molecule has 16 heavy (non-hydrogen) atoms. The van der Waals surface area contributed by atoms with Crippen LogP contribution >= 0.6 is 0 Å². The van der Waals surface area contributed by atoms with E-state index in [4.69, 9.17) is 4.74 Å². The second-order valence-corrected chi connectivity index (χ2v) is 4.58. The highest BCUT2D eigenvalue weighted by Gasteiger charge is 2.20. The van der Waals surface area contributed by atoms with Crippen LogP contribution in [0.1, 0.15) is 71.1 Å². The minimum Gasteiger partial charge on any atom is -0.430 e. The lowest BCUT2D eigenvalue weighted by Crippen LogP contribution is -2.17. The third-order valence-corrected chi connectivity index (χ3v) is 2.99. The summed E-state index contributed by atoms with van der Waals surface area (Å²) in [4.78, 5) is 10.5. The molecule has 0 spiro atoms. The Labute approximate surface area is 99.1 Å². The molecule has 0 N–H and O–H groups in total. The topological polar surface area (TPSA) is 26.3 Å². The molecule has 0 amide bonds. The van der Waals surface area contributed by atoms with E-state index in [0.717, 1.165) is 12.2 Å². The predicted octanol–water partition coefficient (Wildman–Crippen LogP) is 4.35. The zero-order valence-corrected chi connectivity index (χ0v) is 10.5. The van der Waals surface area contributed by atoms with Crippen LogP contribution in [0.5, 0.6) is 0 Å². The molecule has 0 aliphatic carbocycles. The van der Waals surface area contributed by atoms with E-state index in [1.165, 1.54) is 51.4 Å². The molecule has 2 nitrogen and oxygen atoms in total. The summed E-state index contributed by atoms with van der Waals surface area (Å²) in [6.07, 6.45) is 14.4. The van der Waals surface area contributed by atoms with Crippen molar-refractivity contribution in [2.75, 3.05) is 0 Å². The molecule has 1 aliphatic rings. The first-order chi connectivity index (χ1) is 7.83. The van der Waals surface area contributed by atoms with E-state index in [9.17, 15) is 4.79 Å². The summed E-state index contributed by atoms with van der Waals surface area (Å²) < 4.78 is 4.83. The Bertz CT molecular complexity index is 221. The average Bonchev–Trinajstić information content (AvgIpc) is 2.24. The van der Waals surface area contributed by atoms with Crippen molar-refractivity contribution in [1.29, 1.82) is 0 Å². The van der Waals surface area contributed by atoms with Crippen LogP contribution < -0.4 is 0 Å². The summed E-state index contributed by atoms with van der Waals surface area (Å²) in [5.41, 5.74) is 0. The van der Waals surface area contributed by atoms with Crippen LogP contribution in [0.15, 0.2) is 11.8 Å². The van der Waals surface area contributed by atoms with Gasteiger partial charge in [-0.1, -0.05) is 51.9 Å². The first-order valence-corrected chi connectivity index (χ1v) is 6.72. The number of hydrogen-bond donors (Lipinski definition) is 0. The van der Waals surface area contributed by atoms with Gasteiger partial charge in [-0.2, -0.15) is 0 Å². The Morgan fingerprint density at radius 3 is 2.19 bits per heavy atom. The highest BCUT2D eigenvalue weighted by atomic mass is 16.6. The van der Waals surface area contributed by atoms with Crippen LogP contribution in [0.2, 0.25) is 0 Å². The highest BCUT2D eigenvalue weighted by Crippen LogP contribution is 2.19. The van der Waals surface area contributed by atoms with Crippen molar-refractivity contribution in [3.05, 3.63) is 11.8 Å². The van der Waals surface area contributed by atoms with Crippen molar-refractivity contribution in [2.24, 2.45) is 0 Å². The molecule has 0 unspecified atom stereocenters. The molecule has 1 rings (SSSR count). The second-order valence-electron chi connectivity index (χ2n) is 4.58. The van der Waals surface area contributed by atoms with Gasteiger partial charge in [0.25, 0.3) is 0 Å². The molecule has 1 aliphatic heterocycles. The summed E-state index contributed by atoms with van der Waals surface area (Å²) in [5.74, 6) is 0.801. The minimum absolute atomic E-state index is 0.0813.